The van der Waals surface area contributed by atoms with Gasteiger partial charge in [-0.05, 0) is 18.9 Å². The van der Waals surface area contributed by atoms with E-state index < -0.39 is 11.7 Å². The number of hydrogen-bond acceptors (Lipinski definition) is 8. The number of nitrogens with zero attached hydrogens (tertiary/aromatic N) is 7. The molecule has 0 N–H and O–H groups in total. The third-order valence-electron chi connectivity index (χ3n) is 6.88. The van der Waals surface area contributed by atoms with Gasteiger partial charge in [0.25, 0.3) is 5.92 Å². The molecule has 6 rings (SSSR count). The lowest BCUT2D eigenvalue weighted by atomic mass is 10.1. The summed E-state index contributed by atoms with van der Waals surface area (Å²) in [4.78, 5) is 24.0. The first-order valence-corrected chi connectivity index (χ1v) is 12.6. The maximum absolute atomic E-state index is 15.3. The number of imidazole rings is 1. The van der Waals surface area contributed by atoms with E-state index >= 15 is 4.39 Å². The molecular formula is C27H26F3N7O2. The zero-order chi connectivity index (χ0) is 27.3. The lowest BCUT2D eigenvalue weighted by Crippen LogP contribution is -2.33. The van der Waals surface area contributed by atoms with Gasteiger partial charge in [-0.2, -0.15) is 8.78 Å². The van der Waals surface area contributed by atoms with Crippen molar-refractivity contribution in [3.05, 3.63) is 59.7 Å². The molecule has 202 valence electrons. The van der Waals surface area contributed by atoms with Crippen LogP contribution in [0.25, 0.3) is 22.8 Å². The lowest BCUT2D eigenvalue weighted by Gasteiger charge is -2.30. The van der Waals surface area contributed by atoms with Crippen LogP contribution in [0.4, 0.5) is 19.0 Å². The summed E-state index contributed by atoms with van der Waals surface area (Å²) in [6, 6.07) is 4.63. The van der Waals surface area contributed by atoms with Crippen molar-refractivity contribution in [2.24, 2.45) is 7.05 Å². The molecular weight excluding hydrogens is 511 g/mol. The highest BCUT2D eigenvalue weighted by molar-refractivity contribution is 5.69. The maximum atomic E-state index is 15.3. The minimum Gasteiger partial charge on any atom is -0.486 e. The van der Waals surface area contributed by atoms with Crippen LogP contribution in [-0.4, -0.2) is 49.7 Å². The molecule has 0 spiro atoms. The van der Waals surface area contributed by atoms with Gasteiger partial charge in [-0.3, -0.25) is 0 Å². The fourth-order valence-electron chi connectivity index (χ4n) is 4.72. The topological polar surface area (TPSA) is 91.1 Å². The number of aromatic nitrogens is 6. The lowest BCUT2D eigenvalue weighted by molar-refractivity contribution is 0.0131. The second-order valence-electron chi connectivity index (χ2n) is 9.82. The maximum Gasteiger partial charge on any atom is 0.288 e. The second-order valence-corrected chi connectivity index (χ2v) is 9.82. The third-order valence-corrected chi connectivity index (χ3v) is 6.88. The van der Waals surface area contributed by atoms with Crippen molar-refractivity contribution >= 4 is 5.82 Å². The fraction of sp³-hybridized carbons (Fsp3) is 0.370. The molecule has 0 unspecified atom stereocenters. The van der Waals surface area contributed by atoms with Crippen LogP contribution >= 0.6 is 0 Å². The van der Waals surface area contributed by atoms with Crippen LogP contribution in [0, 0.1) is 5.82 Å². The van der Waals surface area contributed by atoms with Crippen LogP contribution in [-0.2, 0) is 19.5 Å². The molecule has 0 radical (unpaired) electrons. The van der Waals surface area contributed by atoms with E-state index in [-0.39, 0.29) is 18.1 Å². The largest absolute Gasteiger partial charge is 0.486 e. The van der Waals surface area contributed by atoms with Crippen LogP contribution < -0.4 is 14.4 Å². The van der Waals surface area contributed by atoms with E-state index in [4.69, 9.17) is 14.5 Å². The molecule has 1 saturated carbocycles. The highest BCUT2D eigenvalue weighted by atomic mass is 19.3. The number of ether oxygens (including phenoxy) is 2. The third kappa shape index (κ3) is 4.75. The molecule has 0 amide bonds. The van der Waals surface area contributed by atoms with E-state index in [2.05, 4.69) is 19.9 Å². The summed E-state index contributed by atoms with van der Waals surface area (Å²) < 4.78 is 55.6. The predicted molar refractivity (Wildman–Crippen MR) is 136 cm³/mol. The average Bonchev–Trinajstić information content (AvgIpc) is 3.69. The highest BCUT2D eigenvalue weighted by Gasteiger charge is 2.33. The molecule has 4 heterocycles. The Morgan fingerprint density at radius 2 is 1.97 bits per heavy atom. The molecule has 39 heavy (non-hydrogen) atoms. The Bertz CT molecular complexity index is 1550. The summed E-state index contributed by atoms with van der Waals surface area (Å²) in [5, 5.41) is 0. The van der Waals surface area contributed by atoms with Crippen molar-refractivity contribution in [1.29, 1.82) is 0 Å². The van der Waals surface area contributed by atoms with Gasteiger partial charge in [0, 0.05) is 43.8 Å². The van der Waals surface area contributed by atoms with Gasteiger partial charge in [0.1, 0.15) is 35.8 Å². The monoisotopic (exact) mass is 537 g/mol. The first-order valence-electron chi connectivity index (χ1n) is 12.6. The summed E-state index contributed by atoms with van der Waals surface area (Å²) in [7, 11) is 3.15. The van der Waals surface area contributed by atoms with Gasteiger partial charge in [-0.15, -0.1) is 0 Å². The first-order chi connectivity index (χ1) is 18.7. The van der Waals surface area contributed by atoms with Gasteiger partial charge in [0.05, 0.1) is 25.5 Å². The van der Waals surface area contributed by atoms with Crippen molar-refractivity contribution in [3.63, 3.8) is 0 Å². The van der Waals surface area contributed by atoms with E-state index in [1.807, 2.05) is 4.90 Å². The number of hydrogen-bond donors (Lipinski definition) is 0. The van der Waals surface area contributed by atoms with Crippen LogP contribution in [0.15, 0.2) is 36.9 Å². The molecule has 3 aromatic heterocycles. The fourth-order valence-corrected chi connectivity index (χ4v) is 4.72. The Morgan fingerprint density at radius 3 is 2.67 bits per heavy atom. The standard InChI is InChI=1S/C27H26F3N7O2/c1-27(29,30)20-13-36(2)24(34-20)16-6-7-17(18(28)10-16)12-37-8-9-39-19-11-31-23(35-25(19)37)21-22(15-4-5-15)32-14-33-26(21)38-3/h6-7,10-11,13-15H,4-5,8-9,12H2,1-3H3. The molecule has 1 aromatic carbocycles. The van der Waals surface area contributed by atoms with Crippen LogP contribution in [0.2, 0.25) is 0 Å². The van der Waals surface area contributed by atoms with Crippen molar-refractivity contribution in [3.8, 4) is 34.4 Å². The first kappa shape index (κ1) is 25.1. The SMILES string of the molecule is COc1ncnc(C2CC2)c1-c1ncc2c(n1)N(Cc1ccc(-c3nc(C(C)(F)F)cn3C)cc1F)CCO2. The van der Waals surface area contributed by atoms with E-state index in [1.54, 1.807) is 32.5 Å². The number of aryl methyl sites for hydroxylation is 1. The molecule has 0 atom stereocenters. The number of fused-ring (bicyclic) bond motifs is 1. The van der Waals surface area contributed by atoms with Gasteiger partial charge in [0.2, 0.25) is 5.88 Å². The molecule has 2 aliphatic rings. The Balaban J connectivity index is 1.31. The molecule has 1 aliphatic heterocycles. The number of benzene rings is 1. The number of rotatable bonds is 7. The molecule has 9 nitrogen and oxygen atoms in total. The smallest absolute Gasteiger partial charge is 0.288 e. The van der Waals surface area contributed by atoms with Crippen LogP contribution in [0.5, 0.6) is 11.6 Å². The summed E-state index contributed by atoms with van der Waals surface area (Å²) in [6.45, 7) is 1.87. The molecule has 4 aromatic rings. The number of methoxy groups -OCH3 is 1. The van der Waals surface area contributed by atoms with E-state index in [0.717, 1.165) is 25.5 Å². The average molecular weight is 538 g/mol. The van der Waals surface area contributed by atoms with Crippen LogP contribution in [0.3, 0.4) is 0 Å². The van der Waals surface area contributed by atoms with Gasteiger partial charge in [-0.25, -0.2) is 29.3 Å². The highest BCUT2D eigenvalue weighted by Crippen LogP contribution is 2.45. The zero-order valence-corrected chi connectivity index (χ0v) is 21.7. The van der Waals surface area contributed by atoms with Crippen molar-refractivity contribution < 1.29 is 22.6 Å². The van der Waals surface area contributed by atoms with Gasteiger partial charge in [0.15, 0.2) is 17.4 Å². The number of halogens is 3. The Morgan fingerprint density at radius 1 is 1.15 bits per heavy atom. The Labute approximate surface area is 222 Å². The van der Waals surface area contributed by atoms with Gasteiger partial charge < -0.3 is 18.9 Å². The normalized spacial score (nSPS) is 15.2. The van der Waals surface area contributed by atoms with E-state index in [9.17, 15) is 8.78 Å². The Kier molecular flexibility index (Phi) is 6.12. The van der Waals surface area contributed by atoms with Crippen molar-refractivity contribution in [2.45, 2.75) is 38.2 Å². The molecule has 0 saturated heterocycles. The Hall–Kier alpha value is -4.22. The van der Waals surface area contributed by atoms with Crippen molar-refractivity contribution in [2.75, 3.05) is 25.2 Å². The van der Waals surface area contributed by atoms with Gasteiger partial charge >= 0.3 is 0 Å². The summed E-state index contributed by atoms with van der Waals surface area (Å²) in [5.74, 6) is -1.15. The molecule has 0 bridgehead atoms. The van der Waals surface area contributed by atoms with E-state index in [1.165, 1.54) is 23.2 Å². The number of anilines is 1. The minimum absolute atomic E-state index is 0.218. The second kappa shape index (κ2) is 9.51. The van der Waals surface area contributed by atoms with Crippen molar-refractivity contribution in [1.82, 2.24) is 29.5 Å². The summed E-state index contributed by atoms with van der Waals surface area (Å²) in [5.41, 5.74) is 1.96. The summed E-state index contributed by atoms with van der Waals surface area (Å²) in [6.07, 6.45) is 6.40. The predicted octanol–water partition coefficient (Wildman–Crippen LogP) is 4.87. The molecule has 1 aliphatic carbocycles. The van der Waals surface area contributed by atoms with Crippen LogP contribution in [0.1, 0.15) is 42.6 Å². The van der Waals surface area contributed by atoms with E-state index in [0.29, 0.717) is 59.0 Å². The zero-order valence-electron chi connectivity index (χ0n) is 21.7. The quantitative estimate of drug-likeness (QED) is 0.330. The minimum atomic E-state index is -3.09. The molecule has 12 heteroatoms. The van der Waals surface area contributed by atoms with Gasteiger partial charge in [-0.1, -0.05) is 12.1 Å². The molecule has 1 fully saturated rings. The summed E-state index contributed by atoms with van der Waals surface area (Å²) >= 11 is 0. The number of alkyl halides is 2.